The number of halogens is 2. The van der Waals surface area contributed by atoms with Crippen LogP contribution in [0.25, 0.3) is 0 Å². The van der Waals surface area contributed by atoms with Crippen LogP contribution in [0.15, 0.2) is 24.7 Å². The predicted octanol–water partition coefficient (Wildman–Crippen LogP) is 3.54. The number of nitrogens with zero attached hydrogens (tertiary/aromatic N) is 2. The molecule has 74 valence electrons. The molecule has 0 aliphatic heterocycles. The molecule has 0 spiro atoms. The van der Waals surface area contributed by atoms with Crippen LogP contribution in [0, 0.1) is 0 Å². The van der Waals surface area contributed by atoms with Gasteiger partial charge in [0, 0.05) is 16.4 Å². The first-order valence-electron chi connectivity index (χ1n) is 4.09. The summed E-state index contributed by atoms with van der Waals surface area (Å²) < 4.78 is 2.89. The molecule has 0 fully saturated rings. The normalized spacial score (nSPS) is 10.7. The molecule has 0 N–H and O–H groups in total. The summed E-state index contributed by atoms with van der Waals surface area (Å²) in [6.07, 6.45) is 3.87. The Bertz CT molecular complexity index is 424. The number of alkyl halides is 1. The molecular weight excluding hydrogens is 284 g/mol. The molecule has 0 saturated heterocycles. The smallest absolute Gasteiger partial charge is 0.0953 e. The first-order chi connectivity index (χ1) is 6.78. The lowest BCUT2D eigenvalue weighted by molar-refractivity contribution is 0.809. The summed E-state index contributed by atoms with van der Waals surface area (Å²) in [5, 5.41) is 0.797. The Labute approximate surface area is 99.7 Å². The van der Waals surface area contributed by atoms with Gasteiger partial charge in [0.25, 0.3) is 0 Å². The van der Waals surface area contributed by atoms with Crippen molar-refractivity contribution in [2.45, 2.75) is 11.9 Å². The maximum atomic E-state index is 5.85. The summed E-state index contributed by atoms with van der Waals surface area (Å²) in [6, 6.07) is 3.96. The van der Waals surface area contributed by atoms with Gasteiger partial charge in [0.05, 0.1) is 22.9 Å². The van der Waals surface area contributed by atoms with Crippen molar-refractivity contribution < 1.29 is 0 Å². The highest BCUT2D eigenvalue weighted by atomic mass is 79.9. The molecule has 2 aromatic heterocycles. The highest BCUT2D eigenvalue weighted by Gasteiger charge is 2.00. The van der Waals surface area contributed by atoms with Gasteiger partial charge in [-0.15, -0.1) is 11.3 Å². The standard InChI is InChI=1S/C9H8BrClN2S/c10-3-7-4-13(6-12-7)5-8-1-2-9(11)14-8/h1-2,4,6H,3,5H2. The highest BCUT2D eigenvalue weighted by Crippen LogP contribution is 2.22. The van der Waals surface area contributed by atoms with Crippen LogP contribution in [0.4, 0.5) is 0 Å². The van der Waals surface area contributed by atoms with Crippen LogP contribution < -0.4 is 0 Å². The van der Waals surface area contributed by atoms with Crippen molar-refractivity contribution in [3.8, 4) is 0 Å². The number of rotatable bonds is 3. The molecule has 0 unspecified atom stereocenters. The van der Waals surface area contributed by atoms with Crippen LogP contribution in [0.3, 0.4) is 0 Å². The molecule has 2 rings (SSSR count). The Hall–Kier alpha value is -0.320. The van der Waals surface area contributed by atoms with E-state index in [1.807, 2.05) is 24.7 Å². The molecule has 0 aliphatic carbocycles. The topological polar surface area (TPSA) is 17.8 Å². The molecule has 2 nitrogen and oxygen atoms in total. The first-order valence-corrected chi connectivity index (χ1v) is 6.40. The molecule has 5 heteroatoms. The predicted molar refractivity (Wildman–Crippen MR) is 63.3 cm³/mol. The SMILES string of the molecule is Clc1ccc(Cn2cnc(CBr)c2)s1. The lowest BCUT2D eigenvalue weighted by Gasteiger charge is -1.96. The van der Waals surface area contributed by atoms with Crippen molar-refractivity contribution in [2.24, 2.45) is 0 Å². The maximum Gasteiger partial charge on any atom is 0.0953 e. The van der Waals surface area contributed by atoms with Gasteiger partial charge in [-0.1, -0.05) is 27.5 Å². The fourth-order valence-corrected chi connectivity index (χ4v) is 2.56. The minimum absolute atomic E-state index is 0.797. The van der Waals surface area contributed by atoms with E-state index in [0.29, 0.717) is 0 Å². The Balaban J connectivity index is 2.10. The van der Waals surface area contributed by atoms with Gasteiger partial charge in [0.2, 0.25) is 0 Å². The van der Waals surface area contributed by atoms with Crippen LogP contribution in [-0.4, -0.2) is 9.55 Å². The van der Waals surface area contributed by atoms with Crippen molar-refractivity contribution in [3.05, 3.63) is 39.6 Å². The third-order valence-corrected chi connectivity index (χ3v) is 3.58. The second kappa shape index (κ2) is 4.47. The van der Waals surface area contributed by atoms with Crippen LogP contribution >= 0.6 is 38.9 Å². The summed E-state index contributed by atoms with van der Waals surface area (Å²) in [5.74, 6) is 0. The van der Waals surface area contributed by atoms with Gasteiger partial charge in [-0.05, 0) is 12.1 Å². The zero-order chi connectivity index (χ0) is 9.97. The molecule has 0 bridgehead atoms. The van der Waals surface area contributed by atoms with Gasteiger partial charge in [-0.25, -0.2) is 4.98 Å². The monoisotopic (exact) mass is 290 g/mol. The van der Waals surface area contributed by atoms with Crippen molar-refractivity contribution in [1.82, 2.24) is 9.55 Å². The third kappa shape index (κ3) is 2.38. The van der Waals surface area contributed by atoms with E-state index in [9.17, 15) is 0 Å². The summed E-state index contributed by atoms with van der Waals surface area (Å²) in [7, 11) is 0. The summed E-state index contributed by atoms with van der Waals surface area (Å²) in [4.78, 5) is 5.47. The van der Waals surface area contributed by atoms with Gasteiger partial charge < -0.3 is 4.57 Å². The van der Waals surface area contributed by atoms with E-state index in [-0.39, 0.29) is 0 Å². The fraction of sp³-hybridized carbons (Fsp3) is 0.222. The van der Waals surface area contributed by atoms with Gasteiger partial charge in [-0.3, -0.25) is 0 Å². The van der Waals surface area contributed by atoms with Crippen LogP contribution in [0.1, 0.15) is 10.6 Å². The third-order valence-electron chi connectivity index (χ3n) is 1.79. The lowest BCUT2D eigenvalue weighted by Crippen LogP contribution is -1.92. The van der Waals surface area contributed by atoms with Crippen molar-refractivity contribution in [2.75, 3.05) is 0 Å². The minimum atomic E-state index is 0.797. The van der Waals surface area contributed by atoms with Crippen LogP contribution in [0.2, 0.25) is 4.34 Å². The lowest BCUT2D eigenvalue weighted by atomic mass is 10.4. The molecule has 0 radical (unpaired) electrons. The molecule has 0 atom stereocenters. The number of hydrogen-bond acceptors (Lipinski definition) is 2. The number of aromatic nitrogens is 2. The van der Waals surface area contributed by atoms with E-state index in [4.69, 9.17) is 11.6 Å². The van der Waals surface area contributed by atoms with Crippen LogP contribution in [0.5, 0.6) is 0 Å². The minimum Gasteiger partial charge on any atom is -0.332 e. The largest absolute Gasteiger partial charge is 0.332 e. The zero-order valence-corrected chi connectivity index (χ0v) is 10.4. The van der Waals surface area contributed by atoms with E-state index < -0.39 is 0 Å². The quantitative estimate of drug-likeness (QED) is 0.791. The average Bonchev–Trinajstić information content (AvgIpc) is 2.76. The Kier molecular flexibility index (Phi) is 3.26. The number of imidazole rings is 1. The van der Waals surface area contributed by atoms with Gasteiger partial charge >= 0.3 is 0 Å². The van der Waals surface area contributed by atoms with Gasteiger partial charge in [-0.2, -0.15) is 0 Å². The van der Waals surface area contributed by atoms with Crippen molar-refractivity contribution >= 4 is 38.9 Å². The average molecular weight is 292 g/mol. The first kappa shape index (κ1) is 10.2. The zero-order valence-electron chi connectivity index (χ0n) is 7.28. The van der Waals surface area contributed by atoms with E-state index in [1.54, 1.807) is 11.3 Å². The van der Waals surface area contributed by atoms with Crippen molar-refractivity contribution in [3.63, 3.8) is 0 Å². The van der Waals surface area contributed by atoms with E-state index >= 15 is 0 Å². The summed E-state index contributed by atoms with van der Waals surface area (Å²) >= 11 is 10.8. The fourth-order valence-electron chi connectivity index (χ4n) is 1.18. The maximum absolute atomic E-state index is 5.85. The summed E-state index contributed by atoms with van der Waals surface area (Å²) in [5.41, 5.74) is 1.05. The molecule has 0 aliphatic rings. The Morgan fingerprint density at radius 2 is 2.36 bits per heavy atom. The van der Waals surface area contributed by atoms with E-state index in [1.165, 1.54) is 4.88 Å². The number of hydrogen-bond donors (Lipinski definition) is 0. The number of thiophene rings is 1. The second-order valence-corrected chi connectivity index (χ2v) is 5.24. The Morgan fingerprint density at radius 1 is 1.50 bits per heavy atom. The van der Waals surface area contributed by atoms with E-state index in [0.717, 1.165) is 21.9 Å². The molecule has 2 heterocycles. The molecule has 0 aromatic carbocycles. The van der Waals surface area contributed by atoms with Gasteiger partial charge in [0.15, 0.2) is 0 Å². The van der Waals surface area contributed by atoms with E-state index in [2.05, 4.69) is 25.5 Å². The molecular formula is C9H8BrClN2S. The Morgan fingerprint density at radius 3 is 2.93 bits per heavy atom. The molecule has 14 heavy (non-hydrogen) atoms. The molecule has 2 aromatic rings. The second-order valence-electron chi connectivity index (χ2n) is 2.88. The van der Waals surface area contributed by atoms with Crippen LogP contribution in [-0.2, 0) is 11.9 Å². The molecule has 0 amide bonds. The molecule has 0 saturated carbocycles. The highest BCUT2D eigenvalue weighted by molar-refractivity contribution is 9.08. The van der Waals surface area contributed by atoms with Crippen molar-refractivity contribution in [1.29, 1.82) is 0 Å². The van der Waals surface area contributed by atoms with Gasteiger partial charge in [0.1, 0.15) is 0 Å². The summed E-state index contributed by atoms with van der Waals surface area (Å²) in [6.45, 7) is 0.845.